The Hall–Kier alpha value is 3.87. The minimum absolute atomic E-state index is 0. The first-order valence-electron chi connectivity index (χ1n) is 1.50. The van der Waals surface area contributed by atoms with Crippen LogP contribution in [0.2, 0.25) is 0 Å². The van der Waals surface area contributed by atoms with Crippen molar-refractivity contribution in [2.45, 2.75) is 0 Å². The summed E-state index contributed by atoms with van der Waals surface area (Å²) in [4.78, 5) is 34.1. The SMILES string of the molecule is O=P([O-])([O-])OP(=O)(O)O.[Rb+].[Rb+]. The van der Waals surface area contributed by atoms with Crippen molar-refractivity contribution in [2.24, 2.45) is 0 Å². The van der Waals surface area contributed by atoms with Gasteiger partial charge in [-0.15, -0.1) is 0 Å². The van der Waals surface area contributed by atoms with Gasteiger partial charge in [0.15, 0.2) is 0 Å². The molecule has 11 heteroatoms. The molecule has 0 aliphatic heterocycles. The van der Waals surface area contributed by atoms with Gasteiger partial charge in [-0.2, -0.15) is 0 Å². The van der Waals surface area contributed by atoms with E-state index in [4.69, 9.17) is 9.79 Å². The Morgan fingerprint density at radius 2 is 1.36 bits per heavy atom. The average Bonchev–Trinajstić information content (AvgIpc) is 1.14. The maximum atomic E-state index is 9.55. The fraction of sp³-hybridized carbons (Fsp3) is 0. The predicted octanol–water partition coefficient (Wildman–Crippen LogP) is -8.07. The van der Waals surface area contributed by atoms with Crippen LogP contribution in [0.3, 0.4) is 0 Å². The van der Waals surface area contributed by atoms with Gasteiger partial charge in [-0.25, -0.2) is 4.57 Å². The van der Waals surface area contributed by atoms with E-state index < -0.39 is 15.6 Å². The van der Waals surface area contributed by atoms with Crippen molar-refractivity contribution in [3.63, 3.8) is 0 Å². The maximum Gasteiger partial charge on any atom is 1.00 e. The van der Waals surface area contributed by atoms with E-state index in [-0.39, 0.29) is 116 Å². The second-order valence-corrected chi connectivity index (χ2v) is 3.55. The summed E-state index contributed by atoms with van der Waals surface area (Å²) in [6.45, 7) is 0. The Labute approximate surface area is 160 Å². The molecule has 7 nitrogen and oxygen atoms in total. The molecule has 0 aromatic carbocycles. The molecule has 0 saturated heterocycles. The van der Waals surface area contributed by atoms with E-state index in [1.165, 1.54) is 0 Å². The van der Waals surface area contributed by atoms with Gasteiger partial charge < -0.3 is 24.1 Å². The van der Waals surface area contributed by atoms with Gasteiger partial charge in [0.25, 0.3) is 0 Å². The molecule has 0 atom stereocenters. The van der Waals surface area contributed by atoms with Crippen molar-refractivity contribution in [3.05, 3.63) is 0 Å². The third kappa shape index (κ3) is 20.1. The third-order valence-electron chi connectivity index (χ3n) is 0.206. The van der Waals surface area contributed by atoms with Gasteiger partial charge in [0.05, 0.1) is 7.82 Å². The molecule has 0 aliphatic carbocycles. The molecule has 0 amide bonds. The summed E-state index contributed by atoms with van der Waals surface area (Å²) in [5, 5.41) is 0. The fourth-order valence-electron chi connectivity index (χ4n) is 0.130. The summed E-state index contributed by atoms with van der Waals surface area (Å²) in [6, 6.07) is 0. The Morgan fingerprint density at radius 3 is 1.36 bits per heavy atom. The monoisotopic (exact) mass is 346 g/mol. The Morgan fingerprint density at radius 1 is 1.09 bits per heavy atom. The van der Waals surface area contributed by atoms with E-state index in [2.05, 4.69) is 4.31 Å². The Balaban J connectivity index is -0.000000320. The molecule has 0 unspecified atom stereocenters. The number of hydrogen-bond acceptors (Lipinski definition) is 5. The number of rotatable bonds is 2. The Bertz CT molecular complexity index is 155. The van der Waals surface area contributed by atoms with Crippen LogP contribution in [-0.2, 0) is 13.4 Å². The summed E-state index contributed by atoms with van der Waals surface area (Å²) in [6.07, 6.45) is 0. The summed E-state index contributed by atoms with van der Waals surface area (Å²) in [7, 11) is -10.7. The molecule has 56 valence electrons. The number of phosphoric acid groups is 2. The minimum Gasteiger partial charge on any atom is -0.789 e. The zero-order valence-electron chi connectivity index (χ0n) is 5.83. The van der Waals surface area contributed by atoms with Crippen molar-refractivity contribution in [1.29, 1.82) is 0 Å². The summed E-state index contributed by atoms with van der Waals surface area (Å²) >= 11 is 0. The van der Waals surface area contributed by atoms with Gasteiger partial charge >= 0.3 is 124 Å². The maximum absolute atomic E-state index is 9.55. The van der Waals surface area contributed by atoms with Crippen LogP contribution in [0, 0.1) is 0 Å². The van der Waals surface area contributed by atoms with Crippen molar-refractivity contribution in [3.8, 4) is 0 Å². The van der Waals surface area contributed by atoms with E-state index in [0.29, 0.717) is 0 Å². The molecule has 2 N–H and O–H groups in total. The van der Waals surface area contributed by atoms with Gasteiger partial charge in [0.1, 0.15) is 0 Å². The van der Waals surface area contributed by atoms with Crippen LogP contribution in [0.4, 0.5) is 0 Å². The number of hydrogen-bond donors (Lipinski definition) is 2. The van der Waals surface area contributed by atoms with E-state index in [0.717, 1.165) is 0 Å². The van der Waals surface area contributed by atoms with Crippen LogP contribution in [0.5, 0.6) is 0 Å². The van der Waals surface area contributed by atoms with Crippen LogP contribution in [0.25, 0.3) is 0 Å². The van der Waals surface area contributed by atoms with Crippen LogP contribution in [0.15, 0.2) is 0 Å². The summed E-state index contributed by atoms with van der Waals surface area (Å²) < 4.78 is 21.7. The standard InChI is InChI=1S/H4O7P2.2Rb/c1-8(2,3)7-9(4,5)6;;/h(H2,1,2,3)(H2,4,5,6);;/q;2*+1/p-2. The molecular formula is H2O7P2Rb2. The van der Waals surface area contributed by atoms with E-state index in [9.17, 15) is 18.9 Å². The van der Waals surface area contributed by atoms with Gasteiger partial charge in [0, 0.05) is 0 Å². The van der Waals surface area contributed by atoms with Gasteiger partial charge in [-0.05, 0) is 0 Å². The van der Waals surface area contributed by atoms with Gasteiger partial charge in [-0.1, -0.05) is 0 Å². The van der Waals surface area contributed by atoms with Gasteiger partial charge in [0.2, 0.25) is 0 Å². The van der Waals surface area contributed by atoms with Crippen molar-refractivity contribution < 1.29 is 149 Å². The second-order valence-electron chi connectivity index (χ2n) is 1.02. The molecule has 0 bridgehead atoms. The fourth-order valence-corrected chi connectivity index (χ4v) is 1.17. The van der Waals surface area contributed by atoms with E-state index in [1.807, 2.05) is 0 Å². The quantitative estimate of drug-likeness (QED) is 0.475. The molecule has 0 fully saturated rings. The molecule has 0 aromatic heterocycles. The first kappa shape index (κ1) is 20.3. The topological polar surface area (TPSA) is 130 Å². The molecule has 11 heavy (non-hydrogen) atoms. The first-order chi connectivity index (χ1) is 3.71. The van der Waals surface area contributed by atoms with Crippen molar-refractivity contribution >= 4 is 15.6 Å². The van der Waals surface area contributed by atoms with Gasteiger partial charge in [-0.3, -0.25) is 4.31 Å². The van der Waals surface area contributed by atoms with E-state index >= 15 is 0 Å². The molecule has 0 rings (SSSR count). The zero-order chi connectivity index (χ0) is 7.71. The second kappa shape index (κ2) is 8.07. The van der Waals surface area contributed by atoms with E-state index in [1.54, 1.807) is 0 Å². The predicted molar refractivity (Wildman–Crippen MR) is 20.7 cm³/mol. The average molecular weight is 347 g/mol. The summed E-state index contributed by atoms with van der Waals surface area (Å²) in [5.41, 5.74) is 0. The van der Waals surface area contributed by atoms with Crippen molar-refractivity contribution in [1.82, 2.24) is 0 Å². The van der Waals surface area contributed by atoms with Crippen LogP contribution in [0.1, 0.15) is 0 Å². The normalized spacial score (nSPS) is 11.3. The molecule has 0 heterocycles. The largest absolute Gasteiger partial charge is 1.00 e. The first-order valence-corrected chi connectivity index (χ1v) is 4.49. The van der Waals surface area contributed by atoms with Crippen molar-refractivity contribution in [2.75, 3.05) is 0 Å². The third-order valence-corrected chi connectivity index (χ3v) is 1.86. The molecule has 0 aromatic rings. The molecule has 0 aliphatic rings. The smallest absolute Gasteiger partial charge is 0.789 e. The minimum atomic E-state index is -5.55. The molecular weight excluding hydrogens is 345 g/mol. The Kier molecular flexibility index (Phi) is 14.9. The van der Waals surface area contributed by atoms with Crippen LogP contribution >= 0.6 is 15.6 Å². The molecule has 0 saturated carbocycles. The zero-order valence-corrected chi connectivity index (χ0v) is 17.5. The molecule has 0 radical (unpaired) electrons. The molecule has 0 spiro atoms. The van der Waals surface area contributed by atoms with Crippen LogP contribution < -0.4 is 126 Å². The summed E-state index contributed by atoms with van der Waals surface area (Å²) in [5.74, 6) is 0. The van der Waals surface area contributed by atoms with Crippen LogP contribution in [-0.4, -0.2) is 9.79 Å².